The van der Waals surface area contributed by atoms with Crippen molar-refractivity contribution in [1.29, 1.82) is 0 Å². The average Bonchev–Trinajstić information content (AvgIpc) is 3.39. The Bertz CT molecular complexity index is 994. The number of ether oxygens (including phenoxy) is 1. The molecular formula is C18H15ClN4OS2. The third-order valence-electron chi connectivity index (χ3n) is 4.42. The molecule has 1 atom stereocenters. The van der Waals surface area contributed by atoms with E-state index in [2.05, 4.69) is 21.7 Å². The van der Waals surface area contributed by atoms with Crippen molar-refractivity contribution in [2.75, 3.05) is 24.6 Å². The number of aromatic nitrogens is 3. The van der Waals surface area contributed by atoms with Crippen LogP contribution < -0.4 is 4.90 Å². The first-order chi connectivity index (χ1) is 12.8. The van der Waals surface area contributed by atoms with Crippen LogP contribution in [0.1, 0.15) is 11.7 Å². The Labute approximate surface area is 163 Å². The lowest BCUT2D eigenvalue weighted by Crippen LogP contribution is -2.38. The van der Waals surface area contributed by atoms with E-state index in [-0.39, 0.29) is 6.10 Å². The number of thiophene rings is 1. The van der Waals surface area contributed by atoms with Crippen LogP contribution >= 0.6 is 34.3 Å². The predicted molar refractivity (Wildman–Crippen MR) is 107 cm³/mol. The molecule has 0 saturated carbocycles. The molecule has 5 nitrogen and oxygen atoms in total. The topological polar surface area (TPSA) is 42.7 Å². The summed E-state index contributed by atoms with van der Waals surface area (Å²) in [5.74, 6) is 0. The highest BCUT2D eigenvalue weighted by molar-refractivity contribution is 7.20. The molecule has 1 aromatic carbocycles. The van der Waals surface area contributed by atoms with Gasteiger partial charge in [-0.1, -0.05) is 35.1 Å². The summed E-state index contributed by atoms with van der Waals surface area (Å²) in [7, 11) is 0. The molecular weight excluding hydrogens is 388 g/mol. The largest absolute Gasteiger partial charge is 0.370 e. The second-order valence-electron chi connectivity index (χ2n) is 6.11. The van der Waals surface area contributed by atoms with Gasteiger partial charge in [-0.2, -0.15) is 11.3 Å². The molecule has 1 aliphatic rings. The third-order valence-corrected chi connectivity index (χ3v) is 6.36. The van der Waals surface area contributed by atoms with Crippen molar-refractivity contribution in [3.63, 3.8) is 0 Å². The fourth-order valence-corrected chi connectivity index (χ4v) is 4.81. The first-order valence-electron chi connectivity index (χ1n) is 8.27. The van der Waals surface area contributed by atoms with Gasteiger partial charge in [0.25, 0.3) is 0 Å². The van der Waals surface area contributed by atoms with Crippen LogP contribution in [0.4, 0.5) is 5.13 Å². The molecule has 0 N–H and O–H groups in total. The third kappa shape index (κ3) is 3.01. The predicted octanol–water partition coefficient (Wildman–Crippen LogP) is 4.75. The van der Waals surface area contributed by atoms with E-state index in [1.54, 1.807) is 22.7 Å². The fraction of sp³-hybridized carbons (Fsp3) is 0.222. The molecule has 132 valence electrons. The van der Waals surface area contributed by atoms with E-state index in [1.165, 1.54) is 5.56 Å². The van der Waals surface area contributed by atoms with E-state index in [4.69, 9.17) is 26.4 Å². The van der Waals surface area contributed by atoms with Crippen molar-refractivity contribution in [2.45, 2.75) is 6.10 Å². The quantitative estimate of drug-likeness (QED) is 0.496. The van der Waals surface area contributed by atoms with Crippen LogP contribution in [0, 0.1) is 0 Å². The Morgan fingerprint density at radius 2 is 2.08 bits per heavy atom. The standard InChI is InChI=1S/C18H15ClN4OS2/c19-14-3-1-12(2-4-14)15-9-23-17(20-15)26-18(21-23)22-6-7-24-16(10-22)13-5-8-25-11-13/h1-5,8-9,11,16H,6-7,10H2. The van der Waals surface area contributed by atoms with Gasteiger partial charge in [0.15, 0.2) is 0 Å². The summed E-state index contributed by atoms with van der Waals surface area (Å²) in [5.41, 5.74) is 3.19. The lowest BCUT2D eigenvalue weighted by Gasteiger charge is -2.32. The van der Waals surface area contributed by atoms with Gasteiger partial charge in [-0.25, -0.2) is 9.50 Å². The number of fused-ring (bicyclic) bond motifs is 1. The summed E-state index contributed by atoms with van der Waals surface area (Å²) in [6.07, 6.45) is 2.07. The van der Waals surface area contributed by atoms with Gasteiger partial charge in [0, 0.05) is 17.1 Å². The Balaban J connectivity index is 1.40. The summed E-state index contributed by atoms with van der Waals surface area (Å²) in [6, 6.07) is 9.83. The number of anilines is 1. The minimum absolute atomic E-state index is 0.107. The van der Waals surface area contributed by atoms with Crippen LogP contribution in [0.25, 0.3) is 16.2 Å². The molecule has 0 spiro atoms. The summed E-state index contributed by atoms with van der Waals surface area (Å²) >= 11 is 9.27. The maximum Gasteiger partial charge on any atom is 0.214 e. The molecule has 3 aromatic heterocycles. The van der Waals surface area contributed by atoms with Crippen LogP contribution in [-0.2, 0) is 4.74 Å². The molecule has 5 rings (SSSR count). The lowest BCUT2D eigenvalue weighted by molar-refractivity contribution is 0.0400. The summed E-state index contributed by atoms with van der Waals surface area (Å²) in [4.78, 5) is 7.89. The first kappa shape index (κ1) is 16.3. The summed E-state index contributed by atoms with van der Waals surface area (Å²) in [6.45, 7) is 2.37. The number of rotatable bonds is 3. The van der Waals surface area contributed by atoms with Gasteiger partial charge in [-0.3, -0.25) is 0 Å². The van der Waals surface area contributed by atoms with Crippen molar-refractivity contribution in [1.82, 2.24) is 14.6 Å². The Kier molecular flexibility index (Phi) is 4.17. The van der Waals surface area contributed by atoms with E-state index < -0.39 is 0 Å². The second kappa shape index (κ2) is 6.66. The number of benzene rings is 1. The average molecular weight is 403 g/mol. The molecule has 1 fully saturated rings. The van der Waals surface area contributed by atoms with Crippen LogP contribution in [0.5, 0.6) is 0 Å². The molecule has 26 heavy (non-hydrogen) atoms. The zero-order valence-corrected chi connectivity index (χ0v) is 16.1. The highest BCUT2D eigenvalue weighted by atomic mass is 35.5. The molecule has 8 heteroatoms. The summed E-state index contributed by atoms with van der Waals surface area (Å²) in [5, 5.41) is 10.7. The molecule has 1 unspecified atom stereocenters. The van der Waals surface area contributed by atoms with Gasteiger partial charge in [0.05, 0.1) is 25.0 Å². The minimum Gasteiger partial charge on any atom is -0.370 e. The van der Waals surface area contributed by atoms with Crippen molar-refractivity contribution < 1.29 is 4.74 Å². The zero-order chi connectivity index (χ0) is 17.5. The lowest BCUT2D eigenvalue weighted by atomic mass is 10.1. The van der Waals surface area contributed by atoms with Crippen molar-refractivity contribution >= 4 is 44.4 Å². The highest BCUT2D eigenvalue weighted by Gasteiger charge is 2.25. The highest BCUT2D eigenvalue weighted by Crippen LogP contribution is 2.31. The summed E-state index contributed by atoms with van der Waals surface area (Å²) < 4.78 is 7.78. The molecule has 0 bridgehead atoms. The number of hydrogen-bond donors (Lipinski definition) is 0. The zero-order valence-electron chi connectivity index (χ0n) is 13.7. The van der Waals surface area contributed by atoms with Crippen LogP contribution in [0.2, 0.25) is 5.02 Å². The molecule has 0 amide bonds. The smallest absolute Gasteiger partial charge is 0.214 e. The SMILES string of the molecule is Clc1ccc(-c2cn3nc(N4CCOC(c5ccsc5)C4)sc3n2)cc1. The minimum atomic E-state index is 0.107. The van der Waals surface area contributed by atoms with E-state index in [9.17, 15) is 0 Å². The van der Waals surface area contributed by atoms with Crippen LogP contribution in [-0.4, -0.2) is 34.3 Å². The number of imidazole rings is 1. The number of halogens is 1. The molecule has 1 aliphatic heterocycles. The number of morpholine rings is 1. The molecule has 4 heterocycles. The molecule has 1 saturated heterocycles. The van der Waals surface area contributed by atoms with Gasteiger partial charge in [0.2, 0.25) is 10.1 Å². The second-order valence-corrected chi connectivity index (χ2v) is 8.26. The van der Waals surface area contributed by atoms with E-state index in [0.29, 0.717) is 6.61 Å². The normalized spacial score (nSPS) is 17.9. The van der Waals surface area contributed by atoms with E-state index in [1.807, 2.05) is 35.0 Å². The van der Waals surface area contributed by atoms with Crippen molar-refractivity contribution in [2.24, 2.45) is 0 Å². The maximum absolute atomic E-state index is 5.96. The maximum atomic E-state index is 5.96. The van der Waals surface area contributed by atoms with Gasteiger partial charge >= 0.3 is 0 Å². The fourth-order valence-electron chi connectivity index (χ4n) is 3.06. The van der Waals surface area contributed by atoms with E-state index in [0.717, 1.165) is 39.5 Å². The monoisotopic (exact) mass is 402 g/mol. The molecule has 0 radical (unpaired) electrons. The van der Waals surface area contributed by atoms with E-state index >= 15 is 0 Å². The molecule has 4 aromatic rings. The molecule has 0 aliphatic carbocycles. The van der Waals surface area contributed by atoms with Gasteiger partial charge in [-0.15, -0.1) is 5.10 Å². The van der Waals surface area contributed by atoms with Crippen LogP contribution in [0.15, 0.2) is 47.3 Å². The number of nitrogens with zero attached hydrogens (tertiary/aromatic N) is 4. The number of hydrogen-bond acceptors (Lipinski definition) is 6. The first-order valence-corrected chi connectivity index (χ1v) is 10.4. The van der Waals surface area contributed by atoms with Crippen molar-refractivity contribution in [3.8, 4) is 11.3 Å². The Hall–Kier alpha value is -1.93. The van der Waals surface area contributed by atoms with Crippen LogP contribution in [0.3, 0.4) is 0 Å². The Morgan fingerprint density at radius 1 is 1.19 bits per heavy atom. The van der Waals surface area contributed by atoms with Gasteiger partial charge in [-0.05, 0) is 34.5 Å². The van der Waals surface area contributed by atoms with Crippen molar-refractivity contribution in [3.05, 3.63) is 57.9 Å². The van der Waals surface area contributed by atoms with Gasteiger partial charge < -0.3 is 9.64 Å². The Morgan fingerprint density at radius 3 is 2.85 bits per heavy atom. The van der Waals surface area contributed by atoms with Gasteiger partial charge in [0.1, 0.15) is 6.10 Å².